The molecule has 0 saturated carbocycles. The Morgan fingerprint density at radius 3 is 2.71 bits per heavy atom. The fourth-order valence-electron chi connectivity index (χ4n) is 2.18. The number of fused-ring (bicyclic) bond motifs is 1. The summed E-state index contributed by atoms with van der Waals surface area (Å²) < 4.78 is 27.2. The van der Waals surface area contributed by atoms with E-state index in [1.807, 2.05) is 19.1 Å². The second-order valence-electron chi connectivity index (χ2n) is 4.68. The van der Waals surface area contributed by atoms with E-state index in [0.717, 1.165) is 17.3 Å². The molecule has 0 aliphatic carbocycles. The van der Waals surface area contributed by atoms with Gasteiger partial charge < -0.3 is 5.32 Å². The second-order valence-corrected chi connectivity index (χ2v) is 5.09. The molecule has 5 heteroatoms. The van der Waals surface area contributed by atoms with Crippen molar-refractivity contribution < 1.29 is 8.78 Å². The van der Waals surface area contributed by atoms with Gasteiger partial charge in [0, 0.05) is 34.0 Å². The van der Waals surface area contributed by atoms with Gasteiger partial charge in [-0.2, -0.15) is 0 Å². The molecule has 0 aliphatic rings. The largest absolute Gasteiger partial charge is 0.355 e. The summed E-state index contributed by atoms with van der Waals surface area (Å²) in [6.07, 6.45) is 1.48. The highest BCUT2D eigenvalue weighted by molar-refractivity contribution is 6.31. The summed E-state index contributed by atoms with van der Waals surface area (Å²) in [7, 11) is 0. The van der Waals surface area contributed by atoms with Gasteiger partial charge in [-0.05, 0) is 36.8 Å². The molecule has 0 aliphatic heterocycles. The summed E-state index contributed by atoms with van der Waals surface area (Å²) in [6, 6.07) is 9.19. The van der Waals surface area contributed by atoms with Gasteiger partial charge in [-0.15, -0.1) is 0 Å². The van der Waals surface area contributed by atoms with Gasteiger partial charge in [-0.1, -0.05) is 17.7 Å². The van der Waals surface area contributed by atoms with Crippen LogP contribution in [0.4, 0.5) is 20.2 Å². The van der Waals surface area contributed by atoms with Crippen LogP contribution in [0.3, 0.4) is 0 Å². The van der Waals surface area contributed by atoms with Crippen LogP contribution < -0.4 is 5.32 Å². The normalized spacial score (nSPS) is 10.9. The zero-order valence-corrected chi connectivity index (χ0v) is 11.9. The van der Waals surface area contributed by atoms with Crippen LogP contribution in [-0.4, -0.2) is 4.98 Å². The number of hydrogen-bond donors (Lipinski definition) is 1. The number of aromatic nitrogens is 1. The van der Waals surface area contributed by atoms with Gasteiger partial charge in [0.2, 0.25) is 0 Å². The minimum absolute atomic E-state index is 0.126. The van der Waals surface area contributed by atoms with E-state index in [-0.39, 0.29) is 5.52 Å². The van der Waals surface area contributed by atoms with E-state index in [1.54, 1.807) is 12.1 Å². The van der Waals surface area contributed by atoms with E-state index in [9.17, 15) is 8.78 Å². The molecule has 1 N–H and O–H groups in total. The third kappa shape index (κ3) is 2.54. The molecule has 2 aromatic carbocycles. The average Bonchev–Trinajstić information content (AvgIpc) is 2.44. The Bertz CT molecular complexity index is 834. The van der Waals surface area contributed by atoms with Gasteiger partial charge in [-0.25, -0.2) is 8.78 Å². The zero-order valence-electron chi connectivity index (χ0n) is 11.1. The Hall–Kier alpha value is -2.20. The maximum atomic E-state index is 13.8. The van der Waals surface area contributed by atoms with E-state index in [0.29, 0.717) is 16.1 Å². The second kappa shape index (κ2) is 5.30. The number of benzene rings is 2. The fourth-order valence-corrected chi connectivity index (χ4v) is 2.35. The lowest BCUT2D eigenvalue weighted by molar-refractivity contribution is 0.590. The molecule has 0 saturated heterocycles. The number of hydrogen-bond acceptors (Lipinski definition) is 2. The van der Waals surface area contributed by atoms with Gasteiger partial charge in [0.05, 0.1) is 0 Å². The highest BCUT2D eigenvalue weighted by Crippen LogP contribution is 2.30. The average molecular weight is 305 g/mol. The molecule has 2 nitrogen and oxygen atoms in total. The summed E-state index contributed by atoms with van der Waals surface area (Å²) in [6.45, 7) is 1.87. The van der Waals surface area contributed by atoms with E-state index < -0.39 is 11.6 Å². The Balaban J connectivity index is 2.15. The Labute approximate surface area is 125 Å². The van der Waals surface area contributed by atoms with Crippen molar-refractivity contribution >= 4 is 33.9 Å². The number of rotatable bonds is 2. The van der Waals surface area contributed by atoms with E-state index in [4.69, 9.17) is 11.6 Å². The zero-order chi connectivity index (χ0) is 15.0. The lowest BCUT2D eigenvalue weighted by Crippen LogP contribution is -1.97. The van der Waals surface area contributed by atoms with Crippen molar-refractivity contribution in [2.45, 2.75) is 6.92 Å². The SMILES string of the molecule is Cc1c(Cl)cccc1Nc1ccnc2c(F)cc(F)cc12. The Morgan fingerprint density at radius 2 is 1.90 bits per heavy atom. The Morgan fingerprint density at radius 1 is 1.10 bits per heavy atom. The first-order valence-corrected chi connectivity index (χ1v) is 6.70. The smallest absolute Gasteiger partial charge is 0.152 e. The van der Waals surface area contributed by atoms with Crippen LogP contribution in [-0.2, 0) is 0 Å². The van der Waals surface area contributed by atoms with Gasteiger partial charge >= 0.3 is 0 Å². The highest BCUT2D eigenvalue weighted by atomic mass is 35.5. The van der Waals surface area contributed by atoms with Crippen LogP contribution in [0.15, 0.2) is 42.6 Å². The summed E-state index contributed by atoms with van der Waals surface area (Å²) in [5.41, 5.74) is 2.34. The molecule has 0 unspecified atom stereocenters. The molecule has 0 radical (unpaired) electrons. The molecule has 0 fully saturated rings. The predicted octanol–water partition coefficient (Wildman–Crippen LogP) is 5.22. The number of nitrogens with one attached hydrogen (secondary N) is 1. The molecular formula is C16H11ClF2N2. The van der Waals surface area contributed by atoms with Crippen molar-refractivity contribution in [3.05, 3.63) is 64.8 Å². The third-order valence-corrected chi connectivity index (χ3v) is 3.71. The molecule has 106 valence electrons. The lowest BCUT2D eigenvalue weighted by Gasteiger charge is -2.13. The van der Waals surface area contributed by atoms with Crippen molar-refractivity contribution in [2.24, 2.45) is 0 Å². The summed E-state index contributed by atoms with van der Waals surface area (Å²) in [5.74, 6) is -1.32. The quantitative estimate of drug-likeness (QED) is 0.702. The number of anilines is 2. The minimum atomic E-state index is -0.684. The predicted molar refractivity (Wildman–Crippen MR) is 81.1 cm³/mol. The van der Waals surface area contributed by atoms with Crippen LogP contribution in [0.5, 0.6) is 0 Å². The van der Waals surface area contributed by atoms with Crippen molar-refractivity contribution in [1.29, 1.82) is 0 Å². The van der Waals surface area contributed by atoms with Crippen molar-refractivity contribution in [2.75, 3.05) is 5.32 Å². The van der Waals surface area contributed by atoms with Gasteiger partial charge in [0.1, 0.15) is 11.3 Å². The highest BCUT2D eigenvalue weighted by Gasteiger charge is 2.10. The topological polar surface area (TPSA) is 24.9 Å². The first-order chi connectivity index (χ1) is 10.1. The summed E-state index contributed by atoms with van der Waals surface area (Å²) in [5, 5.41) is 4.16. The standard InChI is InChI=1S/C16H11ClF2N2/c1-9-12(17)3-2-4-14(9)21-15-5-6-20-16-11(15)7-10(18)8-13(16)19/h2-8H,1H3,(H,20,21). The van der Waals surface area contributed by atoms with Crippen LogP contribution in [0.1, 0.15) is 5.56 Å². The molecule has 3 rings (SSSR count). The summed E-state index contributed by atoms with van der Waals surface area (Å²) >= 11 is 6.08. The van der Waals surface area contributed by atoms with E-state index >= 15 is 0 Å². The van der Waals surface area contributed by atoms with E-state index in [1.165, 1.54) is 12.3 Å². The van der Waals surface area contributed by atoms with Gasteiger partial charge in [-0.3, -0.25) is 4.98 Å². The number of nitrogens with zero attached hydrogens (tertiary/aromatic N) is 1. The maximum Gasteiger partial charge on any atom is 0.152 e. The van der Waals surface area contributed by atoms with Crippen LogP contribution in [0.2, 0.25) is 5.02 Å². The summed E-state index contributed by atoms with van der Waals surface area (Å²) in [4.78, 5) is 3.96. The van der Waals surface area contributed by atoms with E-state index in [2.05, 4.69) is 10.3 Å². The number of halogens is 3. The molecule has 1 aromatic heterocycles. The fraction of sp³-hybridized carbons (Fsp3) is 0.0625. The minimum Gasteiger partial charge on any atom is -0.355 e. The lowest BCUT2D eigenvalue weighted by atomic mass is 10.1. The molecule has 0 amide bonds. The Kier molecular flexibility index (Phi) is 3.47. The van der Waals surface area contributed by atoms with Gasteiger partial charge in [0.25, 0.3) is 0 Å². The molecule has 0 bridgehead atoms. The molecule has 3 aromatic rings. The molecular weight excluding hydrogens is 294 g/mol. The monoisotopic (exact) mass is 304 g/mol. The van der Waals surface area contributed by atoms with Crippen molar-refractivity contribution in [1.82, 2.24) is 4.98 Å². The van der Waals surface area contributed by atoms with Gasteiger partial charge in [0.15, 0.2) is 5.82 Å². The van der Waals surface area contributed by atoms with Crippen LogP contribution in [0.25, 0.3) is 10.9 Å². The first kappa shape index (κ1) is 13.8. The molecule has 0 atom stereocenters. The molecule has 1 heterocycles. The van der Waals surface area contributed by atoms with Crippen LogP contribution >= 0.6 is 11.6 Å². The first-order valence-electron chi connectivity index (χ1n) is 6.32. The van der Waals surface area contributed by atoms with Crippen molar-refractivity contribution in [3.8, 4) is 0 Å². The number of pyridine rings is 1. The maximum absolute atomic E-state index is 13.8. The van der Waals surface area contributed by atoms with Crippen molar-refractivity contribution in [3.63, 3.8) is 0 Å². The molecule has 0 spiro atoms. The van der Waals surface area contributed by atoms with Crippen LogP contribution in [0, 0.1) is 18.6 Å². The third-order valence-electron chi connectivity index (χ3n) is 3.30. The molecule has 21 heavy (non-hydrogen) atoms.